The van der Waals surface area contributed by atoms with Crippen LogP contribution in [0.1, 0.15) is 20.3 Å². The van der Waals surface area contributed by atoms with Gasteiger partial charge in [-0.25, -0.2) is 4.79 Å². The molecule has 0 aliphatic carbocycles. The van der Waals surface area contributed by atoms with Crippen LogP contribution in [0.4, 0.5) is 0 Å². The summed E-state index contributed by atoms with van der Waals surface area (Å²) in [5, 5.41) is 5.59. The number of esters is 1. The number of halogens is 1. The van der Waals surface area contributed by atoms with Crippen molar-refractivity contribution in [1.29, 1.82) is 0 Å². The molecule has 0 aromatic carbocycles. The Hall–Kier alpha value is -0.810. The van der Waals surface area contributed by atoms with Gasteiger partial charge in [-0.3, -0.25) is 4.79 Å². The zero-order valence-electron chi connectivity index (χ0n) is 9.12. The van der Waals surface area contributed by atoms with Gasteiger partial charge in [-0.1, -0.05) is 0 Å². The highest BCUT2D eigenvalue weighted by Crippen LogP contribution is 2.08. The van der Waals surface area contributed by atoms with E-state index in [0.29, 0.717) is 0 Å². The smallest absolute Gasteiger partial charge is 0.330 e. The minimum atomic E-state index is -0.955. The third-order valence-electron chi connectivity index (χ3n) is 2.27. The van der Waals surface area contributed by atoms with Gasteiger partial charge in [-0.05, 0) is 26.8 Å². The van der Waals surface area contributed by atoms with E-state index in [2.05, 4.69) is 15.4 Å². The minimum Gasteiger partial charge on any atom is -0.467 e. The van der Waals surface area contributed by atoms with E-state index in [9.17, 15) is 9.59 Å². The molecule has 0 spiro atoms. The summed E-state index contributed by atoms with van der Waals surface area (Å²) >= 11 is 0. The summed E-state index contributed by atoms with van der Waals surface area (Å²) in [4.78, 5) is 22.7. The van der Waals surface area contributed by atoms with E-state index < -0.39 is 11.5 Å². The molecular weight excluding hydrogens is 220 g/mol. The second-order valence-electron chi connectivity index (χ2n) is 3.90. The molecule has 88 valence electrons. The fourth-order valence-corrected chi connectivity index (χ4v) is 1.21. The molecule has 0 aromatic rings. The third-order valence-corrected chi connectivity index (χ3v) is 2.27. The third kappa shape index (κ3) is 3.35. The van der Waals surface area contributed by atoms with Gasteiger partial charge in [0.1, 0.15) is 5.54 Å². The average Bonchev–Trinajstić information content (AvgIpc) is 1.98. The molecule has 1 atom stereocenters. The Kier molecular flexibility index (Phi) is 5.03. The van der Waals surface area contributed by atoms with Crippen molar-refractivity contribution in [2.75, 3.05) is 13.7 Å². The summed E-state index contributed by atoms with van der Waals surface area (Å²) in [6.07, 6.45) is 0.823. The van der Waals surface area contributed by atoms with Gasteiger partial charge in [0.15, 0.2) is 0 Å². The van der Waals surface area contributed by atoms with Crippen molar-refractivity contribution >= 4 is 24.3 Å². The molecule has 1 aliphatic heterocycles. The number of carbonyl (C=O) groups excluding carboxylic acids is 2. The standard InChI is InChI=1S/C9H16N2O3.ClH/c1-9(2,8(13)14-3)11-7(12)6-4-5-10-6;/h6,10H,4-5H2,1-3H3,(H,11,12);1H/t6-;/m1./s1. The van der Waals surface area contributed by atoms with Crippen molar-refractivity contribution in [3.63, 3.8) is 0 Å². The highest BCUT2D eigenvalue weighted by Gasteiger charge is 2.34. The zero-order chi connectivity index (χ0) is 10.8. The zero-order valence-corrected chi connectivity index (χ0v) is 9.94. The first-order valence-corrected chi connectivity index (χ1v) is 4.61. The Balaban J connectivity index is 0.00000196. The molecule has 1 aliphatic rings. The monoisotopic (exact) mass is 236 g/mol. The fourth-order valence-electron chi connectivity index (χ4n) is 1.21. The van der Waals surface area contributed by atoms with Crippen LogP contribution < -0.4 is 10.6 Å². The van der Waals surface area contributed by atoms with Crippen molar-refractivity contribution in [3.8, 4) is 0 Å². The Morgan fingerprint density at radius 2 is 2.00 bits per heavy atom. The first kappa shape index (κ1) is 14.2. The molecule has 1 fully saturated rings. The first-order chi connectivity index (χ1) is 6.47. The molecule has 1 saturated heterocycles. The predicted octanol–water partition coefficient (Wildman–Crippen LogP) is -0.162. The summed E-state index contributed by atoms with van der Waals surface area (Å²) in [7, 11) is 1.30. The molecule has 0 aromatic heterocycles. The van der Waals surface area contributed by atoms with Crippen LogP contribution in [-0.2, 0) is 14.3 Å². The van der Waals surface area contributed by atoms with E-state index in [0.717, 1.165) is 13.0 Å². The van der Waals surface area contributed by atoms with Gasteiger partial charge in [0.2, 0.25) is 5.91 Å². The Bertz CT molecular complexity index is 252. The van der Waals surface area contributed by atoms with Gasteiger partial charge in [0, 0.05) is 0 Å². The lowest BCUT2D eigenvalue weighted by Gasteiger charge is -2.30. The van der Waals surface area contributed by atoms with Crippen molar-refractivity contribution in [2.45, 2.75) is 31.8 Å². The number of amides is 1. The molecule has 0 unspecified atom stereocenters. The molecule has 6 heteroatoms. The number of hydrogen-bond donors (Lipinski definition) is 2. The second-order valence-corrected chi connectivity index (χ2v) is 3.90. The van der Waals surface area contributed by atoms with Crippen LogP contribution in [0.2, 0.25) is 0 Å². The van der Waals surface area contributed by atoms with Crippen LogP contribution >= 0.6 is 12.4 Å². The predicted molar refractivity (Wildman–Crippen MR) is 57.9 cm³/mol. The summed E-state index contributed by atoms with van der Waals surface area (Å²) in [6, 6.07) is -0.154. The largest absolute Gasteiger partial charge is 0.467 e. The molecule has 0 saturated carbocycles. The topological polar surface area (TPSA) is 67.4 Å². The molecule has 5 nitrogen and oxygen atoms in total. The number of hydrogen-bond acceptors (Lipinski definition) is 4. The molecular formula is C9H17ClN2O3. The molecule has 1 heterocycles. The summed E-state index contributed by atoms with van der Waals surface area (Å²) in [6.45, 7) is 4.10. The number of methoxy groups -OCH3 is 1. The van der Waals surface area contributed by atoms with Gasteiger partial charge in [-0.15, -0.1) is 12.4 Å². The van der Waals surface area contributed by atoms with E-state index in [1.807, 2.05) is 0 Å². The summed E-state index contributed by atoms with van der Waals surface area (Å²) < 4.78 is 4.57. The lowest BCUT2D eigenvalue weighted by atomic mass is 10.0. The van der Waals surface area contributed by atoms with Gasteiger partial charge in [-0.2, -0.15) is 0 Å². The van der Waals surface area contributed by atoms with Crippen LogP contribution in [0.3, 0.4) is 0 Å². The fraction of sp³-hybridized carbons (Fsp3) is 0.778. The molecule has 0 radical (unpaired) electrons. The molecule has 1 rings (SSSR count). The van der Waals surface area contributed by atoms with Crippen LogP contribution in [0.25, 0.3) is 0 Å². The lowest BCUT2D eigenvalue weighted by molar-refractivity contribution is -0.149. The van der Waals surface area contributed by atoms with Crippen molar-refractivity contribution in [1.82, 2.24) is 10.6 Å². The summed E-state index contributed by atoms with van der Waals surface area (Å²) in [5.74, 6) is -0.586. The van der Waals surface area contributed by atoms with Gasteiger partial charge >= 0.3 is 5.97 Å². The number of rotatable bonds is 3. The maximum atomic E-state index is 11.5. The lowest BCUT2D eigenvalue weighted by Crippen LogP contribution is -2.59. The normalized spacial score (nSPS) is 19.5. The summed E-state index contributed by atoms with van der Waals surface area (Å²) in [5.41, 5.74) is -0.955. The van der Waals surface area contributed by atoms with Gasteiger partial charge < -0.3 is 15.4 Å². The van der Waals surface area contributed by atoms with Crippen LogP contribution in [-0.4, -0.2) is 37.1 Å². The molecule has 2 N–H and O–H groups in total. The second kappa shape index (κ2) is 5.32. The van der Waals surface area contributed by atoms with E-state index in [1.165, 1.54) is 7.11 Å². The maximum Gasteiger partial charge on any atom is 0.330 e. The van der Waals surface area contributed by atoms with Crippen molar-refractivity contribution in [3.05, 3.63) is 0 Å². The Morgan fingerprint density at radius 3 is 2.33 bits per heavy atom. The maximum absolute atomic E-state index is 11.5. The molecule has 0 bridgehead atoms. The highest BCUT2D eigenvalue weighted by atomic mass is 35.5. The van der Waals surface area contributed by atoms with Crippen molar-refractivity contribution < 1.29 is 14.3 Å². The molecule has 15 heavy (non-hydrogen) atoms. The van der Waals surface area contributed by atoms with Crippen LogP contribution in [0.15, 0.2) is 0 Å². The SMILES string of the molecule is COC(=O)C(C)(C)NC(=O)[C@H]1CCN1.Cl. The van der Waals surface area contributed by atoms with Crippen molar-refractivity contribution in [2.24, 2.45) is 0 Å². The van der Waals surface area contributed by atoms with Gasteiger partial charge in [0.05, 0.1) is 13.2 Å². The molecule has 1 amide bonds. The first-order valence-electron chi connectivity index (χ1n) is 4.61. The quantitative estimate of drug-likeness (QED) is 0.669. The Labute approximate surface area is 95.3 Å². The van der Waals surface area contributed by atoms with Crippen LogP contribution in [0, 0.1) is 0 Å². The number of nitrogens with one attached hydrogen (secondary N) is 2. The minimum absolute atomic E-state index is 0. The number of carbonyl (C=O) groups is 2. The number of ether oxygens (including phenoxy) is 1. The highest BCUT2D eigenvalue weighted by molar-refractivity contribution is 5.90. The van der Waals surface area contributed by atoms with Crippen LogP contribution in [0.5, 0.6) is 0 Å². The van der Waals surface area contributed by atoms with Gasteiger partial charge in [0.25, 0.3) is 0 Å². The van der Waals surface area contributed by atoms with E-state index in [4.69, 9.17) is 0 Å². The van der Waals surface area contributed by atoms with E-state index in [-0.39, 0.29) is 24.4 Å². The van der Waals surface area contributed by atoms with E-state index in [1.54, 1.807) is 13.8 Å². The van der Waals surface area contributed by atoms with E-state index >= 15 is 0 Å². The average molecular weight is 237 g/mol. The Morgan fingerprint density at radius 1 is 1.47 bits per heavy atom.